The predicted molar refractivity (Wildman–Crippen MR) is 79.3 cm³/mol. The van der Waals surface area contributed by atoms with Crippen molar-refractivity contribution >= 4 is 5.91 Å². The van der Waals surface area contributed by atoms with E-state index in [1.807, 2.05) is 18.7 Å². The molecule has 0 radical (unpaired) electrons. The van der Waals surface area contributed by atoms with Crippen molar-refractivity contribution in [3.05, 3.63) is 17.0 Å². The number of hydrogen-bond donors (Lipinski definition) is 2. The Morgan fingerprint density at radius 2 is 2.20 bits per heavy atom. The third-order valence-electron chi connectivity index (χ3n) is 4.57. The van der Waals surface area contributed by atoms with Crippen molar-refractivity contribution in [1.29, 1.82) is 0 Å². The third-order valence-corrected chi connectivity index (χ3v) is 4.57. The minimum Gasteiger partial charge on any atom is -0.353 e. The first-order valence-corrected chi connectivity index (χ1v) is 7.51. The zero-order chi connectivity index (χ0) is 14.7. The van der Waals surface area contributed by atoms with Crippen LogP contribution in [0, 0.1) is 19.8 Å². The van der Waals surface area contributed by atoms with Crippen LogP contribution in [-0.4, -0.2) is 28.3 Å². The lowest BCUT2D eigenvalue weighted by Crippen LogP contribution is -2.39. The van der Waals surface area contributed by atoms with Crippen molar-refractivity contribution in [1.82, 2.24) is 15.1 Å². The Morgan fingerprint density at radius 1 is 1.45 bits per heavy atom. The van der Waals surface area contributed by atoms with Crippen LogP contribution in [0.4, 0.5) is 0 Å². The second kappa shape index (κ2) is 6.39. The highest BCUT2D eigenvalue weighted by Crippen LogP contribution is 2.24. The zero-order valence-corrected chi connectivity index (χ0v) is 12.8. The van der Waals surface area contributed by atoms with Gasteiger partial charge in [0.25, 0.3) is 0 Å². The molecule has 0 saturated heterocycles. The van der Waals surface area contributed by atoms with Gasteiger partial charge in [-0.25, -0.2) is 0 Å². The normalized spacial score (nSPS) is 22.2. The summed E-state index contributed by atoms with van der Waals surface area (Å²) in [6.07, 6.45) is 4.67. The van der Waals surface area contributed by atoms with E-state index in [2.05, 4.69) is 17.3 Å². The highest BCUT2D eigenvalue weighted by atomic mass is 16.1. The molecule has 1 aromatic rings. The Hall–Kier alpha value is -1.36. The number of aromatic nitrogens is 2. The maximum Gasteiger partial charge on any atom is 0.220 e. The van der Waals surface area contributed by atoms with Gasteiger partial charge in [-0.05, 0) is 51.1 Å². The lowest BCUT2D eigenvalue weighted by molar-refractivity contribution is -0.122. The van der Waals surface area contributed by atoms with Crippen molar-refractivity contribution in [2.24, 2.45) is 18.7 Å². The molecule has 1 fully saturated rings. The highest BCUT2D eigenvalue weighted by Gasteiger charge is 2.27. The van der Waals surface area contributed by atoms with Gasteiger partial charge in [0.15, 0.2) is 0 Å². The van der Waals surface area contributed by atoms with Crippen molar-refractivity contribution in [2.45, 2.75) is 52.0 Å². The van der Waals surface area contributed by atoms with Gasteiger partial charge in [-0.3, -0.25) is 9.48 Å². The van der Waals surface area contributed by atoms with E-state index in [9.17, 15) is 4.79 Å². The Kier molecular flexibility index (Phi) is 4.81. The van der Waals surface area contributed by atoms with Crippen LogP contribution in [0.5, 0.6) is 0 Å². The Labute approximate surface area is 120 Å². The van der Waals surface area contributed by atoms with Gasteiger partial charge in [0.1, 0.15) is 0 Å². The first-order valence-electron chi connectivity index (χ1n) is 7.51. The molecule has 0 aliphatic heterocycles. The van der Waals surface area contributed by atoms with Crippen LogP contribution in [0.2, 0.25) is 0 Å². The molecule has 1 heterocycles. The van der Waals surface area contributed by atoms with Crippen LogP contribution in [-0.2, 0) is 18.3 Å². The van der Waals surface area contributed by atoms with Crippen LogP contribution in [0.15, 0.2) is 0 Å². The molecule has 112 valence electrons. The van der Waals surface area contributed by atoms with Crippen LogP contribution in [0.3, 0.4) is 0 Å². The molecule has 0 aromatic carbocycles. The van der Waals surface area contributed by atoms with Crippen LogP contribution in [0.1, 0.15) is 42.6 Å². The summed E-state index contributed by atoms with van der Waals surface area (Å²) in [6, 6.07) is 0.281. The molecule has 5 nitrogen and oxygen atoms in total. The first-order chi connectivity index (χ1) is 9.52. The molecule has 2 rings (SSSR count). The molecule has 20 heavy (non-hydrogen) atoms. The van der Waals surface area contributed by atoms with Crippen LogP contribution in [0.25, 0.3) is 0 Å². The summed E-state index contributed by atoms with van der Waals surface area (Å²) in [5.41, 5.74) is 9.12. The van der Waals surface area contributed by atoms with Crippen LogP contribution < -0.4 is 11.1 Å². The van der Waals surface area contributed by atoms with E-state index in [-0.39, 0.29) is 11.9 Å². The molecule has 5 heteroatoms. The van der Waals surface area contributed by atoms with Gasteiger partial charge in [-0.1, -0.05) is 6.42 Å². The fourth-order valence-electron chi connectivity index (χ4n) is 3.21. The Morgan fingerprint density at radius 3 is 2.80 bits per heavy atom. The van der Waals surface area contributed by atoms with Gasteiger partial charge in [0.05, 0.1) is 5.69 Å². The maximum absolute atomic E-state index is 12.1. The minimum absolute atomic E-state index is 0.137. The summed E-state index contributed by atoms with van der Waals surface area (Å²) in [4.78, 5) is 12.1. The standard InChI is InChI=1S/C15H26N4O/c1-10-13(11(2)19(3)18-10)7-8-15(20)17-14-6-4-5-12(14)9-16/h12,14H,4-9,16H2,1-3H3,(H,17,20). The predicted octanol–water partition coefficient (Wildman–Crippen LogP) is 1.21. The number of nitrogens with one attached hydrogen (secondary N) is 1. The van der Waals surface area contributed by atoms with E-state index >= 15 is 0 Å². The number of nitrogens with zero attached hydrogens (tertiary/aromatic N) is 2. The van der Waals surface area contributed by atoms with E-state index in [4.69, 9.17) is 5.73 Å². The average Bonchev–Trinajstić information content (AvgIpc) is 2.94. The fourth-order valence-corrected chi connectivity index (χ4v) is 3.21. The summed E-state index contributed by atoms with van der Waals surface area (Å²) < 4.78 is 1.88. The van der Waals surface area contributed by atoms with Gasteiger partial charge in [-0.2, -0.15) is 5.10 Å². The molecular formula is C15H26N4O. The molecule has 1 saturated carbocycles. The second-order valence-electron chi connectivity index (χ2n) is 5.87. The van der Waals surface area contributed by atoms with E-state index < -0.39 is 0 Å². The van der Waals surface area contributed by atoms with Gasteiger partial charge < -0.3 is 11.1 Å². The molecule has 1 aliphatic carbocycles. The van der Waals surface area contributed by atoms with Crippen LogP contribution >= 0.6 is 0 Å². The number of amides is 1. The lowest BCUT2D eigenvalue weighted by atomic mass is 10.0. The molecule has 2 unspecified atom stereocenters. The maximum atomic E-state index is 12.1. The summed E-state index contributed by atoms with van der Waals surface area (Å²) in [5.74, 6) is 0.596. The van der Waals surface area contributed by atoms with Gasteiger partial charge >= 0.3 is 0 Å². The molecule has 0 bridgehead atoms. The molecular weight excluding hydrogens is 252 g/mol. The third kappa shape index (κ3) is 3.20. The minimum atomic E-state index is 0.137. The Bertz CT molecular complexity index is 480. The quantitative estimate of drug-likeness (QED) is 0.850. The molecule has 2 atom stereocenters. The number of carbonyl (C=O) groups is 1. The summed E-state index contributed by atoms with van der Waals surface area (Å²) in [6.45, 7) is 4.72. The monoisotopic (exact) mass is 278 g/mol. The first kappa shape index (κ1) is 15.0. The van der Waals surface area contributed by atoms with E-state index in [0.717, 1.165) is 30.7 Å². The summed E-state index contributed by atoms with van der Waals surface area (Å²) in [7, 11) is 1.94. The molecule has 0 spiro atoms. The smallest absolute Gasteiger partial charge is 0.220 e. The summed E-state index contributed by atoms with van der Waals surface area (Å²) in [5, 5.41) is 7.54. The number of carbonyl (C=O) groups excluding carboxylic acids is 1. The SMILES string of the molecule is Cc1nn(C)c(C)c1CCC(=O)NC1CCCC1CN. The number of nitrogens with two attached hydrogens (primary N) is 1. The van der Waals surface area contributed by atoms with Crippen molar-refractivity contribution < 1.29 is 4.79 Å². The van der Waals surface area contributed by atoms with Crippen molar-refractivity contribution in [2.75, 3.05) is 6.54 Å². The van der Waals surface area contributed by atoms with Crippen molar-refractivity contribution in [3.8, 4) is 0 Å². The van der Waals surface area contributed by atoms with Crippen molar-refractivity contribution in [3.63, 3.8) is 0 Å². The van der Waals surface area contributed by atoms with Gasteiger partial charge in [0.2, 0.25) is 5.91 Å². The zero-order valence-electron chi connectivity index (χ0n) is 12.8. The summed E-state index contributed by atoms with van der Waals surface area (Å²) >= 11 is 0. The molecule has 3 N–H and O–H groups in total. The number of aryl methyl sites for hydroxylation is 2. The van der Waals surface area contributed by atoms with E-state index in [1.54, 1.807) is 0 Å². The second-order valence-corrected chi connectivity index (χ2v) is 5.87. The van der Waals surface area contributed by atoms with E-state index in [0.29, 0.717) is 18.9 Å². The molecule has 1 aliphatic rings. The largest absolute Gasteiger partial charge is 0.353 e. The Balaban J connectivity index is 1.86. The average molecular weight is 278 g/mol. The molecule has 1 amide bonds. The van der Waals surface area contributed by atoms with Gasteiger partial charge in [-0.15, -0.1) is 0 Å². The van der Waals surface area contributed by atoms with Gasteiger partial charge in [0, 0.05) is 25.2 Å². The highest BCUT2D eigenvalue weighted by molar-refractivity contribution is 5.76. The molecule has 1 aromatic heterocycles. The van der Waals surface area contributed by atoms with E-state index in [1.165, 1.54) is 12.0 Å². The topological polar surface area (TPSA) is 72.9 Å². The fraction of sp³-hybridized carbons (Fsp3) is 0.733. The number of hydrogen-bond acceptors (Lipinski definition) is 3. The number of rotatable bonds is 5. The lowest BCUT2D eigenvalue weighted by Gasteiger charge is -2.19.